The molecule has 3 nitrogen and oxygen atoms in total. The molecule has 1 heterocycles. The Morgan fingerprint density at radius 2 is 2.06 bits per heavy atom. The van der Waals surface area contributed by atoms with E-state index in [1.807, 2.05) is 0 Å². The molecule has 3 rings (SSSR count). The van der Waals surface area contributed by atoms with E-state index < -0.39 is 5.60 Å². The summed E-state index contributed by atoms with van der Waals surface area (Å²) in [5, 5.41) is 19.6. The number of halogens is 2. The second-order valence-electron chi connectivity index (χ2n) is 4.75. The highest BCUT2D eigenvalue weighted by molar-refractivity contribution is 9.13. The van der Waals surface area contributed by atoms with Crippen LogP contribution in [0.4, 0.5) is 0 Å². The van der Waals surface area contributed by atoms with Crippen LogP contribution >= 0.6 is 31.9 Å². The van der Waals surface area contributed by atoms with Gasteiger partial charge in [-0.3, -0.25) is 0 Å². The summed E-state index contributed by atoms with van der Waals surface area (Å²) in [4.78, 5) is 0. The van der Waals surface area contributed by atoms with Gasteiger partial charge < -0.3 is 9.84 Å². The molecule has 1 aliphatic carbocycles. The van der Waals surface area contributed by atoms with Gasteiger partial charge >= 0.3 is 0 Å². The van der Waals surface area contributed by atoms with Gasteiger partial charge in [0.15, 0.2) is 0 Å². The van der Waals surface area contributed by atoms with Crippen LogP contribution in [-0.4, -0.2) is 11.7 Å². The van der Waals surface area contributed by atoms with Crippen molar-refractivity contribution < 1.29 is 9.84 Å². The number of hydrogen-bond donors (Lipinski definition) is 1. The fourth-order valence-electron chi connectivity index (χ4n) is 2.98. The first-order valence-corrected chi connectivity index (χ1v) is 7.42. The average molecular weight is 373 g/mol. The summed E-state index contributed by atoms with van der Waals surface area (Å²) >= 11 is 7.11. The van der Waals surface area contributed by atoms with Crippen molar-refractivity contribution in [2.75, 3.05) is 6.61 Å². The third kappa shape index (κ3) is 1.56. The Kier molecular flexibility index (Phi) is 2.92. The molecule has 1 atom stereocenters. The van der Waals surface area contributed by atoms with Gasteiger partial charge in [0.05, 0.1) is 23.6 Å². The maximum absolute atomic E-state index is 10.7. The van der Waals surface area contributed by atoms with Crippen LogP contribution < -0.4 is 4.74 Å². The fourth-order valence-corrected chi connectivity index (χ4v) is 4.14. The first kappa shape index (κ1) is 12.5. The summed E-state index contributed by atoms with van der Waals surface area (Å²) in [5.74, 6) is 0.818. The van der Waals surface area contributed by atoms with Crippen LogP contribution in [0.1, 0.15) is 29.5 Å². The van der Waals surface area contributed by atoms with E-state index in [2.05, 4.69) is 37.9 Å². The molecule has 0 saturated carbocycles. The molecule has 2 aliphatic rings. The van der Waals surface area contributed by atoms with E-state index in [9.17, 15) is 5.11 Å². The summed E-state index contributed by atoms with van der Waals surface area (Å²) in [6.45, 7) is 0.638. The third-order valence-electron chi connectivity index (χ3n) is 3.76. The van der Waals surface area contributed by atoms with Crippen molar-refractivity contribution in [3.05, 3.63) is 25.6 Å². The minimum absolute atomic E-state index is 0.139. The Morgan fingerprint density at radius 1 is 1.28 bits per heavy atom. The molecule has 0 saturated heterocycles. The fraction of sp³-hybridized carbons (Fsp3) is 0.462. The van der Waals surface area contributed by atoms with E-state index >= 15 is 0 Å². The number of aliphatic hydroxyl groups is 1. The van der Waals surface area contributed by atoms with Crippen molar-refractivity contribution in [1.82, 2.24) is 0 Å². The van der Waals surface area contributed by atoms with E-state index in [0.717, 1.165) is 44.2 Å². The van der Waals surface area contributed by atoms with Crippen molar-refractivity contribution in [2.24, 2.45) is 0 Å². The lowest BCUT2D eigenvalue weighted by molar-refractivity contribution is 0.0429. The largest absolute Gasteiger partial charge is 0.492 e. The highest BCUT2D eigenvalue weighted by Gasteiger charge is 2.42. The maximum Gasteiger partial charge on any atom is 0.138 e. The van der Waals surface area contributed by atoms with Crippen LogP contribution in [0.3, 0.4) is 0 Å². The van der Waals surface area contributed by atoms with Crippen LogP contribution in [-0.2, 0) is 18.4 Å². The molecule has 1 unspecified atom stereocenters. The van der Waals surface area contributed by atoms with Gasteiger partial charge in [0.1, 0.15) is 11.4 Å². The molecule has 1 aromatic carbocycles. The lowest BCUT2D eigenvalue weighted by atomic mass is 9.88. The number of hydrogen-bond acceptors (Lipinski definition) is 3. The van der Waals surface area contributed by atoms with E-state index in [1.54, 1.807) is 0 Å². The second kappa shape index (κ2) is 4.22. The van der Waals surface area contributed by atoms with Crippen LogP contribution in [0.2, 0.25) is 0 Å². The Labute approximate surface area is 122 Å². The van der Waals surface area contributed by atoms with Gasteiger partial charge in [-0.25, -0.2) is 0 Å². The molecule has 0 amide bonds. The maximum atomic E-state index is 10.7. The third-order valence-corrected chi connectivity index (χ3v) is 5.92. The van der Waals surface area contributed by atoms with Gasteiger partial charge in [-0.2, -0.15) is 5.26 Å². The normalized spacial score (nSPS) is 24.3. The van der Waals surface area contributed by atoms with Crippen molar-refractivity contribution in [2.45, 2.75) is 31.3 Å². The number of nitrogens with zero attached hydrogens (tertiary/aromatic N) is 1. The quantitative estimate of drug-likeness (QED) is 0.823. The molecule has 94 valence electrons. The average Bonchev–Trinajstić information content (AvgIpc) is 2.91. The lowest BCUT2D eigenvalue weighted by Crippen LogP contribution is -2.23. The Morgan fingerprint density at radius 3 is 2.78 bits per heavy atom. The Hall–Kier alpha value is -0.570. The van der Waals surface area contributed by atoms with Gasteiger partial charge in [0.2, 0.25) is 0 Å². The predicted octanol–water partition coefficient (Wildman–Crippen LogP) is 3.19. The van der Waals surface area contributed by atoms with E-state index in [0.29, 0.717) is 13.0 Å². The topological polar surface area (TPSA) is 53.2 Å². The lowest BCUT2D eigenvalue weighted by Gasteiger charge is -2.23. The van der Waals surface area contributed by atoms with Crippen molar-refractivity contribution in [3.8, 4) is 11.8 Å². The predicted molar refractivity (Wildman–Crippen MR) is 73.5 cm³/mol. The second-order valence-corrected chi connectivity index (χ2v) is 6.34. The summed E-state index contributed by atoms with van der Waals surface area (Å²) in [6, 6.07) is 2.10. The number of fused-ring (bicyclic) bond motifs is 3. The number of nitriles is 1. The molecule has 0 bridgehead atoms. The van der Waals surface area contributed by atoms with E-state index in [4.69, 9.17) is 10.00 Å². The van der Waals surface area contributed by atoms with Crippen LogP contribution in [0, 0.1) is 11.3 Å². The zero-order valence-corrected chi connectivity index (χ0v) is 12.8. The van der Waals surface area contributed by atoms with Gasteiger partial charge in [-0.05, 0) is 55.8 Å². The number of benzene rings is 1. The van der Waals surface area contributed by atoms with E-state index in [-0.39, 0.29) is 6.42 Å². The van der Waals surface area contributed by atoms with Crippen molar-refractivity contribution >= 4 is 31.9 Å². The van der Waals surface area contributed by atoms with Gasteiger partial charge in [0, 0.05) is 16.5 Å². The summed E-state index contributed by atoms with van der Waals surface area (Å²) in [7, 11) is 0. The molecule has 1 aliphatic heterocycles. The summed E-state index contributed by atoms with van der Waals surface area (Å²) in [5.41, 5.74) is 2.09. The van der Waals surface area contributed by atoms with Crippen LogP contribution in [0.15, 0.2) is 8.95 Å². The zero-order chi connectivity index (χ0) is 12.9. The SMILES string of the molecule is N#CCC1(O)CCc2c(Br)c(Br)c3c(c21)CCO3. The highest BCUT2D eigenvalue weighted by atomic mass is 79.9. The standard InChI is InChI=1S/C13H11Br2NO2/c14-10-7-1-3-13(17,4-5-16)9(7)8-2-6-18-12(8)11(10)15/h17H,1-4,6H2. The molecule has 0 fully saturated rings. The van der Waals surface area contributed by atoms with Gasteiger partial charge in [0.25, 0.3) is 0 Å². The number of rotatable bonds is 1. The van der Waals surface area contributed by atoms with Gasteiger partial charge in [-0.15, -0.1) is 0 Å². The smallest absolute Gasteiger partial charge is 0.138 e. The van der Waals surface area contributed by atoms with E-state index in [1.165, 1.54) is 0 Å². The molecule has 18 heavy (non-hydrogen) atoms. The molecule has 0 radical (unpaired) electrons. The van der Waals surface area contributed by atoms with Crippen LogP contribution in [0.5, 0.6) is 5.75 Å². The summed E-state index contributed by atoms with van der Waals surface area (Å²) < 4.78 is 7.51. The molecule has 0 spiro atoms. The first-order valence-electron chi connectivity index (χ1n) is 5.84. The molecule has 1 N–H and O–H groups in total. The molecule has 1 aromatic rings. The zero-order valence-electron chi connectivity index (χ0n) is 9.59. The molecule has 0 aromatic heterocycles. The minimum atomic E-state index is -1.01. The first-order chi connectivity index (χ1) is 8.58. The molecular formula is C13H11Br2NO2. The molecular weight excluding hydrogens is 362 g/mol. The molecule has 5 heteroatoms. The number of ether oxygens (including phenoxy) is 1. The Balaban J connectivity index is 2.29. The van der Waals surface area contributed by atoms with Crippen molar-refractivity contribution in [3.63, 3.8) is 0 Å². The Bertz CT molecular complexity index is 580. The summed E-state index contributed by atoms with van der Waals surface area (Å²) in [6.07, 6.45) is 2.34. The monoisotopic (exact) mass is 371 g/mol. The van der Waals surface area contributed by atoms with Crippen LogP contribution in [0.25, 0.3) is 0 Å². The minimum Gasteiger partial charge on any atom is -0.492 e. The van der Waals surface area contributed by atoms with Crippen molar-refractivity contribution in [1.29, 1.82) is 5.26 Å². The highest BCUT2D eigenvalue weighted by Crippen LogP contribution is 2.52. The van der Waals surface area contributed by atoms with Gasteiger partial charge in [-0.1, -0.05) is 0 Å².